The molecule has 0 atom stereocenters. The molecule has 1 aromatic heterocycles. The van der Waals surface area contributed by atoms with E-state index in [1.54, 1.807) is 10.9 Å². The Hall–Kier alpha value is -2.05. The van der Waals surface area contributed by atoms with Crippen molar-refractivity contribution in [3.63, 3.8) is 0 Å². The molecule has 20 heavy (non-hydrogen) atoms. The van der Waals surface area contributed by atoms with Gasteiger partial charge in [-0.1, -0.05) is 41.9 Å². The van der Waals surface area contributed by atoms with Crippen LogP contribution in [0.4, 0.5) is 0 Å². The van der Waals surface area contributed by atoms with Gasteiger partial charge < -0.3 is 0 Å². The zero-order valence-electron chi connectivity index (χ0n) is 11.0. The minimum absolute atomic E-state index is 0.580. The maximum Gasteiger partial charge on any atom is 0.177 e. The van der Waals surface area contributed by atoms with Crippen molar-refractivity contribution < 1.29 is 0 Å². The number of hydrazone groups is 1. The zero-order valence-corrected chi connectivity index (χ0v) is 11.8. The molecule has 1 aromatic carbocycles. The molecule has 3 rings (SSSR count). The lowest BCUT2D eigenvalue weighted by Crippen LogP contribution is -2.40. The van der Waals surface area contributed by atoms with Gasteiger partial charge in [-0.2, -0.15) is 5.10 Å². The Kier molecular flexibility index (Phi) is 3.58. The highest BCUT2D eigenvalue weighted by Crippen LogP contribution is 2.19. The number of hydrazine groups is 2. The monoisotopic (exact) mass is 290 g/mol. The van der Waals surface area contributed by atoms with Crippen LogP contribution in [0.5, 0.6) is 0 Å². The molecule has 0 amide bonds. The summed E-state index contributed by atoms with van der Waals surface area (Å²) in [7, 11) is 0. The molecule has 104 valence electrons. The second-order valence-corrected chi connectivity index (χ2v) is 4.75. The quantitative estimate of drug-likeness (QED) is 0.898. The first-order valence-corrected chi connectivity index (χ1v) is 6.79. The zero-order chi connectivity index (χ0) is 13.9. The van der Waals surface area contributed by atoms with Gasteiger partial charge in [-0.25, -0.2) is 10.2 Å². The molecule has 2 aromatic rings. The van der Waals surface area contributed by atoms with Gasteiger partial charge >= 0.3 is 0 Å². The van der Waals surface area contributed by atoms with Crippen molar-refractivity contribution in [2.75, 3.05) is 6.54 Å². The van der Waals surface area contributed by atoms with Crippen molar-refractivity contribution in [3.8, 4) is 0 Å². The third-order valence-corrected chi connectivity index (χ3v) is 3.51. The van der Waals surface area contributed by atoms with E-state index in [0.29, 0.717) is 11.7 Å². The van der Waals surface area contributed by atoms with Crippen molar-refractivity contribution in [1.29, 1.82) is 0 Å². The molecule has 0 radical (unpaired) electrons. The molecule has 0 spiro atoms. The molecule has 0 unspecified atom stereocenters. The highest BCUT2D eigenvalue weighted by Gasteiger charge is 2.22. The summed E-state index contributed by atoms with van der Waals surface area (Å²) >= 11 is 6.41. The highest BCUT2D eigenvalue weighted by atomic mass is 35.5. The predicted molar refractivity (Wildman–Crippen MR) is 78.0 cm³/mol. The number of nitrogens with one attached hydrogen (secondary N) is 2. The maximum atomic E-state index is 6.41. The lowest BCUT2D eigenvalue weighted by molar-refractivity contribution is 0.308. The summed E-state index contributed by atoms with van der Waals surface area (Å²) in [6, 6.07) is 10.1. The van der Waals surface area contributed by atoms with Crippen molar-refractivity contribution in [1.82, 2.24) is 25.9 Å². The number of nitrogens with zero attached hydrogens (tertiary/aromatic N) is 4. The summed E-state index contributed by atoms with van der Waals surface area (Å²) in [4.78, 5) is 0. The van der Waals surface area contributed by atoms with Crippen LogP contribution in [0.3, 0.4) is 0 Å². The van der Waals surface area contributed by atoms with Gasteiger partial charge in [-0.3, -0.25) is 5.01 Å². The summed E-state index contributed by atoms with van der Waals surface area (Å²) in [6.07, 6.45) is 1.74. The van der Waals surface area contributed by atoms with Gasteiger partial charge in [0.05, 0.1) is 18.3 Å². The highest BCUT2D eigenvalue weighted by molar-refractivity contribution is 6.33. The number of aromatic nitrogens is 2. The van der Waals surface area contributed by atoms with E-state index in [0.717, 1.165) is 23.5 Å². The lowest BCUT2D eigenvalue weighted by Gasteiger charge is -2.15. The third kappa shape index (κ3) is 2.35. The fourth-order valence-electron chi connectivity index (χ4n) is 2.07. The van der Waals surface area contributed by atoms with Gasteiger partial charge in [0.15, 0.2) is 5.84 Å². The fraction of sp³-hybridized carbons (Fsp3) is 0.231. The van der Waals surface area contributed by atoms with Crippen LogP contribution in [0.25, 0.3) is 0 Å². The van der Waals surface area contributed by atoms with Crippen molar-refractivity contribution in [3.05, 3.63) is 52.8 Å². The molecule has 7 heteroatoms. The normalized spacial score (nSPS) is 14.3. The SMILES string of the molecule is CCN1NNN=C1c1cnn(Cc2ccccc2)c1Cl. The van der Waals surface area contributed by atoms with E-state index in [1.165, 1.54) is 0 Å². The molecule has 2 N–H and O–H groups in total. The molecular weight excluding hydrogens is 276 g/mol. The Morgan fingerprint density at radius 2 is 2.05 bits per heavy atom. The largest absolute Gasteiger partial charge is 0.271 e. The minimum atomic E-state index is 0.580. The van der Waals surface area contributed by atoms with Gasteiger partial charge in [-0.05, 0) is 12.5 Å². The summed E-state index contributed by atoms with van der Waals surface area (Å²) < 4.78 is 1.76. The molecule has 0 saturated carbocycles. The number of hydrogen-bond acceptors (Lipinski definition) is 5. The van der Waals surface area contributed by atoms with Crippen LogP contribution in [0.15, 0.2) is 41.6 Å². The molecule has 6 nitrogen and oxygen atoms in total. The van der Waals surface area contributed by atoms with Crippen LogP contribution in [-0.4, -0.2) is 27.2 Å². The van der Waals surface area contributed by atoms with E-state index in [1.807, 2.05) is 42.3 Å². The smallest absolute Gasteiger partial charge is 0.177 e. The standard InChI is InChI=1S/C13H15ClN6/c1-2-19-13(16-17-18-19)11-8-15-20(12(11)14)9-10-6-4-3-5-7-10/h3-8,17-18H,2,9H2,1H3. The van der Waals surface area contributed by atoms with E-state index in [-0.39, 0.29) is 0 Å². The fourth-order valence-corrected chi connectivity index (χ4v) is 2.31. The van der Waals surface area contributed by atoms with E-state index in [4.69, 9.17) is 11.6 Å². The van der Waals surface area contributed by atoms with Gasteiger partial charge in [0, 0.05) is 6.54 Å². The number of halogens is 1. The Balaban J connectivity index is 1.86. The Morgan fingerprint density at radius 1 is 1.25 bits per heavy atom. The minimum Gasteiger partial charge on any atom is -0.271 e. The predicted octanol–water partition coefficient (Wildman–Crippen LogP) is 1.59. The molecular formula is C13H15ClN6. The Labute approximate surface area is 122 Å². The first-order chi connectivity index (χ1) is 9.79. The van der Waals surface area contributed by atoms with Gasteiger partial charge in [0.1, 0.15) is 5.15 Å². The van der Waals surface area contributed by atoms with E-state index in [9.17, 15) is 0 Å². The molecule has 0 bridgehead atoms. The van der Waals surface area contributed by atoms with Gasteiger partial charge in [0.25, 0.3) is 0 Å². The number of amidine groups is 1. The average Bonchev–Trinajstić information content (AvgIpc) is 3.07. The second kappa shape index (κ2) is 5.52. The van der Waals surface area contributed by atoms with Crippen LogP contribution in [-0.2, 0) is 6.54 Å². The van der Waals surface area contributed by atoms with Crippen molar-refractivity contribution >= 4 is 17.4 Å². The summed E-state index contributed by atoms with van der Waals surface area (Å²) in [6.45, 7) is 3.43. The van der Waals surface area contributed by atoms with E-state index in [2.05, 4.69) is 21.3 Å². The number of benzene rings is 1. The maximum absolute atomic E-state index is 6.41. The summed E-state index contributed by atoms with van der Waals surface area (Å²) in [5, 5.41) is 11.0. The second-order valence-electron chi connectivity index (χ2n) is 4.40. The van der Waals surface area contributed by atoms with Crippen molar-refractivity contribution in [2.45, 2.75) is 13.5 Å². The Bertz CT molecular complexity index is 621. The molecule has 0 fully saturated rings. The summed E-state index contributed by atoms with van der Waals surface area (Å²) in [5.74, 6) is 0.747. The first kappa shape index (κ1) is 13.0. The van der Waals surface area contributed by atoms with Crippen LogP contribution in [0.1, 0.15) is 18.1 Å². The Morgan fingerprint density at radius 3 is 2.80 bits per heavy atom. The molecule has 2 heterocycles. The number of hydrogen-bond donors (Lipinski definition) is 2. The van der Waals surface area contributed by atoms with Crippen LogP contribution >= 0.6 is 11.6 Å². The van der Waals surface area contributed by atoms with Crippen LogP contribution < -0.4 is 11.1 Å². The third-order valence-electron chi connectivity index (χ3n) is 3.11. The lowest BCUT2D eigenvalue weighted by atomic mass is 10.2. The van der Waals surface area contributed by atoms with Crippen LogP contribution in [0.2, 0.25) is 5.15 Å². The average molecular weight is 291 g/mol. The van der Waals surface area contributed by atoms with Crippen molar-refractivity contribution in [2.24, 2.45) is 5.10 Å². The van der Waals surface area contributed by atoms with Gasteiger partial charge in [0.2, 0.25) is 0 Å². The molecule has 1 aliphatic rings. The molecule has 1 aliphatic heterocycles. The van der Waals surface area contributed by atoms with E-state index < -0.39 is 0 Å². The first-order valence-electron chi connectivity index (χ1n) is 6.41. The topological polar surface area (TPSA) is 57.5 Å². The molecule has 0 saturated heterocycles. The van der Waals surface area contributed by atoms with Gasteiger partial charge in [-0.15, -0.1) is 10.6 Å². The van der Waals surface area contributed by atoms with E-state index >= 15 is 0 Å². The van der Waals surface area contributed by atoms with Crippen LogP contribution in [0, 0.1) is 0 Å². The molecule has 0 aliphatic carbocycles. The summed E-state index contributed by atoms with van der Waals surface area (Å²) in [5.41, 5.74) is 7.61. The number of rotatable bonds is 4.